The van der Waals surface area contributed by atoms with Crippen LogP contribution in [0.3, 0.4) is 0 Å². The number of nitrogen functional groups attached to an aromatic ring is 1. The van der Waals surface area contributed by atoms with Crippen molar-refractivity contribution in [2.45, 2.75) is 0 Å². The highest BCUT2D eigenvalue weighted by Crippen LogP contribution is 2.29. The number of nitrogens with two attached hydrogens (primary N) is 1. The summed E-state index contributed by atoms with van der Waals surface area (Å²) in [4.78, 5) is 7.26. The lowest BCUT2D eigenvalue weighted by atomic mass is 10.2. The second-order valence-electron chi connectivity index (χ2n) is 3.69. The molecule has 90 valence electrons. The number of fused-ring (bicyclic) bond motifs is 1. The largest absolute Gasteiger partial charge is 0.451 e. The van der Waals surface area contributed by atoms with Crippen LogP contribution in [0.1, 0.15) is 0 Å². The number of hydrogen-bond acceptors (Lipinski definition) is 4. The van der Waals surface area contributed by atoms with Gasteiger partial charge in [0.1, 0.15) is 5.69 Å². The monoisotopic (exact) mass is 247 g/mol. The molecule has 0 atom stereocenters. The Bertz CT molecular complexity index is 739. The van der Waals surface area contributed by atoms with E-state index in [9.17, 15) is 8.78 Å². The highest BCUT2D eigenvalue weighted by atomic mass is 19.1. The Morgan fingerprint density at radius 3 is 2.78 bits per heavy atom. The van der Waals surface area contributed by atoms with Crippen LogP contribution in [0.4, 0.5) is 14.7 Å². The summed E-state index contributed by atoms with van der Waals surface area (Å²) in [6.45, 7) is 0. The molecule has 0 saturated carbocycles. The Kier molecular flexibility index (Phi) is 2.22. The van der Waals surface area contributed by atoms with E-state index in [1.807, 2.05) is 0 Å². The number of nitrogens with zero attached hydrogens (tertiary/aromatic N) is 2. The maximum atomic E-state index is 13.6. The van der Waals surface area contributed by atoms with Gasteiger partial charge in [0.15, 0.2) is 23.0 Å². The lowest BCUT2D eigenvalue weighted by Crippen LogP contribution is -1.98. The Labute approximate surface area is 100 Å². The minimum absolute atomic E-state index is 0.0593. The van der Waals surface area contributed by atoms with Gasteiger partial charge in [-0.3, -0.25) is 0 Å². The summed E-state index contributed by atoms with van der Waals surface area (Å²) in [5.74, 6) is -1.15. The van der Waals surface area contributed by atoms with Gasteiger partial charge in [0.25, 0.3) is 0 Å². The molecular weight excluding hydrogens is 240 g/mol. The number of anilines is 1. The number of para-hydroxylation sites is 1. The predicted molar refractivity (Wildman–Crippen MR) is 61.6 cm³/mol. The molecule has 0 aliphatic carbocycles. The summed E-state index contributed by atoms with van der Waals surface area (Å²) in [6.07, 6.45) is 0.946. The van der Waals surface area contributed by atoms with Crippen molar-refractivity contribution in [3.8, 4) is 11.5 Å². The van der Waals surface area contributed by atoms with Gasteiger partial charge in [-0.1, -0.05) is 12.1 Å². The zero-order valence-corrected chi connectivity index (χ0v) is 9.02. The third-order valence-corrected chi connectivity index (χ3v) is 2.49. The van der Waals surface area contributed by atoms with Gasteiger partial charge in [0.2, 0.25) is 5.95 Å². The van der Waals surface area contributed by atoms with E-state index in [1.54, 1.807) is 12.1 Å². The summed E-state index contributed by atoms with van der Waals surface area (Å²) in [5, 5.41) is 0.529. The number of halogens is 2. The Morgan fingerprint density at radius 2 is 2.00 bits per heavy atom. The van der Waals surface area contributed by atoms with E-state index in [0.29, 0.717) is 5.39 Å². The third kappa shape index (κ3) is 1.58. The van der Waals surface area contributed by atoms with Crippen molar-refractivity contribution in [3.05, 3.63) is 42.1 Å². The second kappa shape index (κ2) is 3.76. The molecule has 0 fully saturated rings. The molecule has 2 heterocycles. The minimum atomic E-state index is -0.677. The molecule has 3 aromatic rings. The average molecular weight is 247 g/mol. The van der Waals surface area contributed by atoms with Crippen molar-refractivity contribution in [1.29, 1.82) is 0 Å². The van der Waals surface area contributed by atoms with Gasteiger partial charge >= 0.3 is 0 Å². The molecule has 6 heteroatoms. The van der Waals surface area contributed by atoms with Crippen LogP contribution in [0.25, 0.3) is 22.4 Å². The van der Waals surface area contributed by atoms with Crippen LogP contribution in [0.15, 0.2) is 34.9 Å². The van der Waals surface area contributed by atoms with Crippen molar-refractivity contribution in [3.63, 3.8) is 0 Å². The Morgan fingerprint density at radius 1 is 1.17 bits per heavy atom. The summed E-state index contributed by atoms with van der Waals surface area (Å²) >= 11 is 0. The van der Waals surface area contributed by atoms with E-state index < -0.39 is 11.6 Å². The van der Waals surface area contributed by atoms with Crippen LogP contribution in [-0.4, -0.2) is 9.97 Å². The van der Waals surface area contributed by atoms with Crippen molar-refractivity contribution in [2.24, 2.45) is 0 Å². The number of hydrogen-bond donors (Lipinski definition) is 1. The Hall–Kier alpha value is -2.50. The number of aromatic nitrogens is 2. The molecule has 0 bridgehead atoms. The molecule has 0 amide bonds. The summed E-state index contributed by atoms with van der Waals surface area (Å²) in [6, 6.07) is 5.97. The first kappa shape index (κ1) is 10.6. The van der Waals surface area contributed by atoms with E-state index in [1.165, 1.54) is 12.1 Å². The van der Waals surface area contributed by atoms with E-state index in [-0.39, 0.29) is 23.0 Å². The summed E-state index contributed by atoms with van der Waals surface area (Å²) < 4.78 is 32.3. The fourth-order valence-electron chi connectivity index (χ4n) is 1.70. The molecule has 0 unspecified atom stereocenters. The van der Waals surface area contributed by atoms with E-state index in [0.717, 1.165) is 6.20 Å². The van der Waals surface area contributed by atoms with Crippen molar-refractivity contribution in [1.82, 2.24) is 9.97 Å². The third-order valence-electron chi connectivity index (χ3n) is 2.49. The number of benzene rings is 1. The molecule has 0 radical (unpaired) electrons. The van der Waals surface area contributed by atoms with Crippen molar-refractivity contribution in [2.75, 3.05) is 5.73 Å². The second-order valence-corrected chi connectivity index (χ2v) is 3.69. The lowest BCUT2D eigenvalue weighted by molar-refractivity contribution is 0.558. The average Bonchev–Trinajstić information content (AvgIpc) is 2.77. The quantitative estimate of drug-likeness (QED) is 0.718. The Balaban J connectivity index is 2.26. The first-order valence-corrected chi connectivity index (χ1v) is 5.11. The van der Waals surface area contributed by atoms with Crippen LogP contribution in [0.5, 0.6) is 0 Å². The van der Waals surface area contributed by atoms with E-state index in [4.69, 9.17) is 10.2 Å². The normalized spacial score (nSPS) is 11.0. The standard InChI is InChI=1S/C12H7F2N3O/c13-7-3-1-2-6-4-9(18-11(6)7)10-8(14)5-16-12(15)17-10/h1-5H,(H2,15,16,17). The topological polar surface area (TPSA) is 64.9 Å². The van der Waals surface area contributed by atoms with Gasteiger partial charge in [-0.15, -0.1) is 0 Å². The zero-order valence-electron chi connectivity index (χ0n) is 9.02. The van der Waals surface area contributed by atoms with E-state index in [2.05, 4.69) is 9.97 Å². The lowest BCUT2D eigenvalue weighted by Gasteiger charge is -1.98. The van der Waals surface area contributed by atoms with Crippen LogP contribution in [0.2, 0.25) is 0 Å². The molecule has 0 aliphatic heterocycles. The zero-order chi connectivity index (χ0) is 12.7. The van der Waals surface area contributed by atoms with Gasteiger partial charge < -0.3 is 10.2 Å². The number of furan rings is 1. The van der Waals surface area contributed by atoms with Gasteiger partial charge in [-0.25, -0.2) is 18.7 Å². The summed E-state index contributed by atoms with van der Waals surface area (Å²) in [7, 11) is 0. The van der Waals surface area contributed by atoms with Crippen LogP contribution >= 0.6 is 0 Å². The predicted octanol–water partition coefficient (Wildman–Crippen LogP) is 2.75. The van der Waals surface area contributed by atoms with Crippen LogP contribution in [0, 0.1) is 11.6 Å². The molecule has 2 N–H and O–H groups in total. The SMILES string of the molecule is Nc1ncc(F)c(-c2cc3cccc(F)c3o2)n1. The summed E-state index contributed by atoms with van der Waals surface area (Å²) in [5.41, 5.74) is 5.36. The molecule has 2 aromatic heterocycles. The molecular formula is C12H7F2N3O. The molecule has 0 saturated heterocycles. The molecule has 0 spiro atoms. The number of rotatable bonds is 1. The van der Waals surface area contributed by atoms with Gasteiger partial charge in [-0.05, 0) is 12.1 Å². The smallest absolute Gasteiger partial charge is 0.220 e. The molecule has 4 nitrogen and oxygen atoms in total. The fourth-order valence-corrected chi connectivity index (χ4v) is 1.70. The molecule has 18 heavy (non-hydrogen) atoms. The fraction of sp³-hybridized carbons (Fsp3) is 0. The first-order valence-electron chi connectivity index (χ1n) is 5.11. The van der Waals surface area contributed by atoms with Gasteiger partial charge in [0, 0.05) is 5.39 Å². The minimum Gasteiger partial charge on any atom is -0.451 e. The maximum absolute atomic E-state index is 13.6. The van der Waals surface area contributed by atoms with E-state index >= 15 is 0 Å². The highest BCUT2D eigenvalue weighted by Gasteiger charge is 2.15. The maximum Gasteiger partial charge on any atom is 0.220 e. The highest BCUT2D eigenvalue weighted by molar-refractivity contribution is 5.82. The first-order chi connectivity index (χ1) is 8.65. The molecule has 1 aromatic carbocycles. The molecule has 3 rings (SSSR count). The molecule has 0 aliphatic rings. The van der Waals surface area contributed by atoms with Gasteiger partial charge in [0.05, 0.1) is 6.20 Å². The van der Waals surface area contributed by atoms with Crippen molar-refractivity contribution < 1.29 is 13.2 Å². The van der Waals surface area contributed by atoms with Crippen LogP contribution < -0.4 is 5.73 Å². The van der Waals surface area contributed by atoms with Crippen LogP contribution in [-0.2, 0) is 0 Å². The van der Waals surface area contributed by atoms with Gasteiger partial charge in [-0.2, -0.15) is 0 Å². The van der Waals surface area contributed by atoms with Crippen molar-refractivity contribution >= 4 is 16.9 Å².